The Morgan fingerprint density at radius 2 is 1.52 bits per heavy atom. The van der Waals surface area contributed by atoms with Gasteiger partial charge in [0.1, 0.15) is 5.75 Å². The summed E-state index contributed by atoms with van der Waals surface area (Å²) in [5.74, 6) is 2.67. The smallest absolute Gasteiger partial charge is 0.535 e. The van der Waals surface area contributed by atoms with Gasteiger partial charge in [0.25, 0.3) is 0 Å². The third-order valence-corrected chi connectivity index (χ3v) is 10.8. The summed E-state index contributed by atoms with van der Waals surface area (Å²) in [6.45, 7) is 13.6. The molecule has 6 nitrogen and oxygen atoms in total. The molecule has 48 heavy (non-hydrogen) atoms. The first-order chi connectivity index (χ1) is 22.6. The van der Waals surface area contributed by atoms with E-state index in [-0.39, 0.29) is 38.9 Å². The normalized spacial score (nSPS) is 15.5. The van der Waals surface area contributed by atoms with Crippen LogP contribution in [0.3, 0.4) is 0 Å². The summed E-state index contributed by atoms with van der Waals surface area (Å²) in [5.41, 5.74) is 8.73. The molecule has 3 aromatic heterocycles. The van der Waals surface area contributed by atoms with Gasteiger partial charge in [0.15, 0.2) is 5.82 Å². The fraction of sp³-hybridized carbons (Fsp3) is 0.200. The van der Waals surface area contributed by atoms with Gasteiger partial charge in [-0.25, -0.2) is 4.98 Å². The van der Waals surface area contributed by atoms with Gasteiger partial charge < -0.3 is 18.6 Å². The molecule has 0 unspecified atom stereocenters. The number of anilines is 2. The SMILES string of the molecule is Cc1cccc(C)c1B1Oc2cccnc2N1c1[c-]c(Oc2[c-]c3c(cc2)c2cccc4c2n2c(cnc32)C(C)(C)C4(C)C)ccc1.[Pt+2]. The quantitative estimate of drug-likeness (QED) is 0.102. The molecule has 0 spiro atoms. The van der Waals surface area contributed by atoms with Crippen LogP contribution in [-0.4, -0.2) is 21.4 Å². The largest absolute Gasteiger partial charge is 2.00 e. The average molecular weight is 808 g/mol. The van der Waals surface area contributed by atoms with E-state index in [9.17, 15) is 0 Å². The van der Waals surface area contributed by atoms with Crippen LogP contribution in [0.5, 0.6) is 17.2 Å². The number of rotatable bonds is 4. The minimum Gasteiger partial charge on any atom is -0.535 e. The van der Waals surface area contributed by atoms with Crippen molar-refractivity contribution < 1.29 is 30.5 Å². The van der Waals surface area contributed by atoms with Gasteiger partial charge in [-0.2, -0.15) is 6.07 Å². The van der Waals surface area contributed by atoms with Crippen molar-refractivity contribution in [2.75, 3.05) is 4.81 Å². The minimum absolute atomic E-state index is 0. The number of pyridine rings is 2. The molecule has 0 saturated heterocycles. The van der Waals surface area contributed by atoms with E-state index in [1.165, 1.54) is 22.2 Å². The summed E-state index contributed by atoms with van der Waals surface area (Å²) in [5, 5.41) is 3.24. The monoisotopic (exact) mass is 807 g/mol. The molecular weight excluding hydrogens is 774 g/mol. The molecule has 0 amide bonds. The number of para-hydroxylation sites is 1. The van der Waals surface area contributed by atoms with Gasteiger partial charge in [-0.3, -0.25) is 4.98 Å². The maximum atomic E-state index is 6.53. The molecule has 0 atom stereocenters. The Morgan fingerprint density at radius 3 is 2.33 bits per heavy atom. The molecule has 238 valence electrons. The summed E-state index contributed by atoms with van der Waals surface area (Å²) in [6, 6.07) is 34.0. The van der Waals surface area contributed by atoms with Crippen LogP contribution in [0.1, 0.15) is 50.1 Å². The van der Waals surface area contributed by atoms with E-state index < -0.39 is 0 Å². The maximum absolute atomic E-state index is 6.53. The van der Waals surface area contributed by atoms with Crippen LogP contribution in [0.2, 0.25) is 0 Å². The molecule has 0 N–H and O–H groups in total. The molecule has 0 aliphatic carbocycles. The second-order valence-electron chi connectivity index (χ2n) is 13.8. The van der Waals surface area contributed by atoms with E-state index in [1.807, 2.05) is 42.6 Å². The summed E-state index contributed by atoms with van der Waals surface area (Å²) < 4.78 is 15.4. The van der Waals surface area contributed by atoms with Crippen molar-refractivity contribution in [2.45, 2.75) is 52.4 Å². The van der Waals surface area contributed by atoms with Gasteiger partial charge in [-0.05, 0) is 42.4 Å². The zero-order valence-corrected chi connectivity index (χ0v) is 29.9. The number of fused-ring (bicyclic) bond motifs is 4. The van der Waals surface area contributed by atoms with Crippen LogP contribution in [0.15, 0.2) is 91.3 Å². The molecule has 0 bridgehead atoms. The molecule has 7 aromatic rings. The molecule has 5 heterocycles. The topological polar surface area (TPSA) is 51.9 Å². The Bertz CT molecular complexity index is 2420. The van der Waals surface area contributed by atoms with E-state index in [0.717, 1.165) is 50.3 Å². The summed E-state index contributed by atoms with van der Waals surface area (Å²) >= 11 is 0. The van der Waals surface area contributed by atoms with Gasteiger partial charge in [-0.1, -0.05) is 97.7 Å². The van der Waals surface area contributed by atoms with Crippen molar-refractivity contribution in [3.8, 4) is 17.2 Å². The first-order valence-electron chi connectivity index (χ1n) is 16.1. The Labute approximate surface area is 295 Å². The second-order valence-corrected chi connectivity index (χ2v) is 13.8. The Morgan fingerprint density at radius 1 is 0.771 bits per heavy atom. The second kappa shape index (κ2) is 10.7. The van der Waals surface area contributed by atoms with Crippen molar-refractivity contribution in [3.63, 3.8) is 0 Å². The first-order valence-corrected chi connectivity index (χ1v) is 16.1. The van der Waals surface area contributed by atoms with Crippen molar-refractivity contribution in [3.05, 3.63) is 126 Å². The predicted octanol–water partition coefficient (Wildman–Crippen LogP) is 8.54. The van der Waals surface area contributed by atoms with E-state index >= 15 is 0 Å². The zero-order chi connectivity index (χ0) is 32.2. The Kier molecular flexibility index (Phi) is 6.85. The predicted molar refractivity (Wildman–Crippen MR) is 189 cm³/mol. The Balaban J connectivity index is 0.00000336. The Hall–Kier alpha value is -4.61. The molecule has 8 heteroatoms. The van der Waals surface area contributed by atoms with Crippen molar-refractivity contribution in [1.29, 1.82) is 0 Å². The number of nitrogens with zero attached hydrogens (tertiary/aromatic N) is 4. The van der Waals surface area contributed by atoms with Gasteiger partial charge in [0.2, 0.25) is 0 Å². The number of aryl methyl sites for hydroxylation is 2. The fourth-order valence-corrected chi connectivity index (χ4v) is 7.63. The van der Waals surface area contributed by atoms with E-state index in [2.05, 4.69) is 105 Å². The number of ether oxygens (including phenoxy) is 1. The van der Waals surface area contributed by atoms with Crippen molar-refractivity contribution >= 4 is 51.3 Å². The van der Waals surface area contributed by atoms with Crippen LogP contribution in [-0.2, 0) is 31.9 Å². The third-order valence-electron chi connectivity index (χ3n) is 10.8. The van der Waals surface area contributed by atoms with Gasteiger partial charge >= 0.3 is 28.1 Å². The van der Waals surface area contributed by atoms with Gasteiger partial charge in [0.05, 0.1) is 5.65 Å². The van der Waals surface area contributed by atoms with Gasteiger partial charge in [-0.15, -0.1) is 30.3 Å². The fourth-order valence-electron chi connectivity index (χ4n) is 7.63. The molecular formula is C40H33BN4O2Pt. The third kappa shape index (κ3) is 4.16. The van der Waals surface area contributed by atoms with Crippen molar-refractivity contribution in [2.24, 2.45) is 0 Å². The molecule has 0 radical (unpaired) electrons. The minimum atomic E-state index is -0.381. The average Bonchev–Trinajstić information content (AvgIpc) is 3.67. The molecule has 2 aliphatic heterocycles. The van der Waals surface area contributed by atoms with E-state index in [4.69, 9.17) is 19.4 Å². The number of hydrogen-bond donors (Lipinski definition) is 0. The molecule has 4 aromatic carbocycles. The van der Waals surface area contributed by atoms with Crippen LogP contribution in [0.25, 0.3) is 27.3 Å². The summed E-state index contributed by atoms with van der Waals surface area (Å²) in [6.07, 6.45) is 3.84. The molecule has 9 rings (SSSR count). The summed E-state index contributed by atoms with van der Waals surface area (Å²) in [7, 11) is -0.381. The molecule has 0 saturated carbocycles. The van der Waals surface area contributed by atoms with E-state index in [0.29, 0.717) is 11.5 Å². The van der Waals surface area contributed by atoms with Gasteiger partial charge in [0, 0.05) is 45.9 Å². The van der Waals surface area contributed by atoms with Crippen molar-refractivity contribution in [1.82, 2.24) is 14.4 Å². The number of imidazole rings is 1. The van der Waals surface area contributed by atoms with Crippen LogP contribution in [0.4, 0.5) is 11.5 Å². The standard InChI is InChI=1S/C40H33BN4O2.Pt/c1-24-11-7-12-25(2)35(24)41-45(38-33(47-41)17-10-20-42-38)26-13-8-14-27(21-26)46-28-18-19-29-30-15-9-16-32-36(30)44-34(40(5,6)39(32,3)4)23-43-37(44)31(29)22-28;/h7-20,23H,1-6H3;/q-2;+2. The number of hydrogen-bond acceptors (Lipinski definition) is 5. The first kappa shape index (κ1) is 30.7. The molecule has 0 fully saturated rings. The number of aromatic nitrogens is 3. The van der Waals surface area contributed by atoms with Crippen LogP contribution < -0.4 is 19.7 Å². The maximum Gasteiger partial charge on any atom is 2.00 e. The molecule has 2 aliphatic rings. The van der Waals surface area contributed by atoms with Crippen LogP contribution in [0, 0.1) is 26.0 Å². The number of benzene rings is 4. The zero-order valence-electron chi connectivity index (χ0n) is 27.7. The van der Waals surface area contributed by atoms with Crippen LogP contribution >= 0.6 is 0 Å². The van der Waals surface area contributed by atoms with E-state index in [1.54, 1.807) is 6.20 Å². The summed E-state index contributed by atoms with van der Waals surface area (Å²) in [4.78, 5) is 11.8.